The van der Waals surface area contributed by atoms with E-state index in [1.54, 1.807) is 6.08 Å². The molecule has 1 atom stereocenters. The molecule has 2 N–H and O–H groups in total. The first-order chi connectivity index (χ1) is 23.2. The fraction of sp³-hybridized carbons (Fsp3) is 0.359. The maximum atomic E-state index is 13.9. The van der Waals surface area contributed by atoms with E-state index in [4.69, 9.17) is 0 Å². The number of para-hydroxylation sites is 1. The fourth-order valence-electron chi connectivity index (χ4n) is 7.94. The molecular weight excluding hydrogens is 641 g/mol. The van der Waals surface area contributed by atoms with E-state index in [1.165, 1.54) is 5.56 Å². The molecular formula is C39H42N2O7S. The number of fused-ring (bicyclic) bond motifs is 4. The molecule has 9 nitrogen and oxygen atoms in total. The van der Waals surface area contributed by atoms with Gasteiger partial charge in [-0.1, -0.05) is 42.5 Å². The van der Waals surface area contributed by atoms with Gasteiger partial charge in [-0.2, -0.15) is 4.58 Å². The Labute approximate surface area is 287 Å². The van der Waals surface area contributed by atoms with Crippen LogP contribution in [0, 0.1) is 0 Å². The van der Waals surface area contributed by atoms with Gasteiger partial charge < -0.3 is 19.7 Å². The summed E-state index contributed by atoms with van der Waals surface area (Å²) in [7, 11) is -4.36. The van der Waals surface area contributed by atoms with Crippen molar-refractivity contribution in [2.75, 3.05) is 23.7 Å². The van der Waals surface area contributed by atoms with E-state index in [0.717, 1.165) is 39.1 Å². The SMILES string of the molecule is CC[N+]1=C(C=C2C(=O)C(C=C3N(CCCCS(=O)(=O)[O-])c4ccccc4C3(C)CCCC(=O)O)=C2O)C(C)(C)c2c1ccc1ccccc21. The number of hydrogen-bond acceptors (Lipinski definition) is 7. The minimum atomic E-state index is -4.36. The van der Waals surface area contributed by atoms with Gasteiger partial charge >= 0.3 is 5.97 Å². The van der Waals surface area contributed by atoms with Crippen molar-refractivity contribution in [1.29, 1.82) is 0 Å². The fourth-order valence-corrected chi connectivity index (χ4v) is 8.50. The number of aliphatic carboxylic acids is 1. The molecule has 3 aliphatic rings. The Balaban J connectivity index is 1.41. The quantitative estimate of drug-likeness (QED) is 0.0921. The number of carboxylic acids is 1. The number of allylic oxidation sites excluding steroid dienone is 5. The lowest BCUT2D eigenvalue weighted by molar-refractivity contribution is -0.433. The number of unbranched alkanes of at least 4 members (excludes halogenated alkanes) is 1. The van der Waals surface area contributed by atoms with Crippen molar-refractivity contribution in [3.8, 4) is 0 Å². The molecule has 2 aliphatic heterocycles. The number of aliphatic hydroxyl groups excluding tert-OH is 1. The van der Waals surface area contributed by atoms with Crippen LogP contribution in [-0.2, 0) is 30.5 Å². The zero-order chi connectivity index (χ0) is 35.3. The molecule has 3 aromatic rings. The van der Waals surface area contributed by atoms with E-state index in [-0.39, 0.29) is 35.5 Å². The van der Waals surface area contributed by atoms with E-state index >= 15 is 0 Å². The number of benzene rings is 3. The number of ketones is 1. The van der Waals surface area contributed by atoms with Crippen molar-refractivity contribution >= 4 is 49.7 Å². The van der Waals surface area contributed by atoms with Crippen LogP contribution in [0.1, 0.15) is 70.9 Å². The Morgan fingerprint density at radius 2 is 1.69 bits per heavy atom. The highest BCUT2D eigenvalue weighted by molar-refractivity contribution is 7.85. The third-order valence-electron chi connectivity index (χ3n) is 10.4. The van der Waals surface area contributed by atoms with Crippen LogP contribution in [0.4, 0.5) is 11.4 Å². The number of aliphatic hydroxyl groups is 1. The molecule has 0 bridgehead atoms. The van der Waals surface area contributed by atoms with E-state index in [1.807, 2.05) is 54.3 Å². The number of anilines is 1. The minimum Gasteiger partial charge on any atom is -0.748 e. The Kier molecular flexibility index (Phi) is 8.92. The van der Waals surface area contributed by atoms with Crippen LogP contribution in [0.25, 0.3) is 10.8 Å². The molecule has 0 saturated carbocycles. The Hall–Kier alpha value is -4.54. The number of carboxylic acid groups (broad SMARTS) is 1. The monoisotopic (exact) mass is 682 g/mol. The van der Waals surface area contributed by atoms with E-state index in [0.29, 0.717) is 32.4 Å². The molecule has 0 fully saturated rings. The first-order valence-electron chi connectivity index (χ1n) is 16.8. The molecule has 49 heavy (non-hydrogen) atoms. The van der Waals surface area contributed by atoms with Crippen LogP contribution in [0.2, 0.25) is 0 Å². The molecule has 0 aromatic heterocycles. The molecule has 3 aromatic carbocycles. The first-order valence-corrected chi connectivity index (χ1v) is 18.4. The van der Waals surface area contributed by atoms with Gasteiger partial charge in [-0.3, -0.25) is 9.59 Å². The zero-order valence-electron chi connectivity index (χ0n) is 28.3. The molecule has 256 valence electrons. The number of Topliss-reactive ketones (excluding diaryl/α,β-unsaturated/α-hetero) is 1. The van der Waals surface area contributed by atoms with Crippen molar-refractivity contribution in [2.45, 2.75) is 70.6 Å². The summed E-state index contributed by atoms with van der Waals surface area (Å²) in [4.78, 5) is 27.4. The largest absolute Gasteiger partial charge is 0.748 e. The van der Waals surface area contributed by atoms with E-state index in [2.05, 4.69) is 49.6 Å². The minimum absolute atomic E-state index is 0.0217. The number of nitrogens with zero attached hydrogens (tertiary/aromatic N) is 2. The lowest BCUT2D eigenvalue weighted by Gasteiger charge is -2.32. The van der Waals surface area contributed by atoms with Crippen LogP contribution in [0.3, 0.4) is 0 Å². The Bertz CT molecular complexity index is 2120. The molecule has 0 saturated heterocycles. The second-order valence-electron chi connectivity index (χ2n) is 13.8. The summed E-state index contributed by atoms with van der Waals surface area (Å²) in [6, 6.07) is 20.2. The average Bonchev–Trinajstić information content (AvgIpc) is 3.42. The summed E-state index contributed by atoms with van der Waals surface area (Å²) in [5, 5.41) is 23.2. The number of hydrogen-bond donors (Lipinski definition) is 2. The maximum absolute atomic E-state index is 13.9. The number of carbonyl (C=O) groups excluding carboxylic acids is 1. The van der Waals surface area contributed by atoms with Gasteiger partial charge in [0.2, 0.25) is 11.5 Å². The van der Waals surface area contributed by atoms with Crippen molar-refractivity contribution in [2.24, 2.45) is 0 Å². The third kappa shape index (κ3) is 6.01. The van der Waals surface area contributed by atoms with Crippen LogP contribution in [0.15, 0.2) is 95.4 Å². The van der Waals surface area contributed by atoms with Gasteiger partial charge in [0.25, 0.3) is 0 Å². The standard InChI is InChI=1S/C39H42N2O7S/c1-5-40-31-19-18-25-13-6-7-14-26(25)35(31)38(2,3)32(40)23-27-36(44)28(37(27)45)24-33-39(4,20-12-17-34(42)43)29-15-8-9-16-30(29)41(33)21-10-11-22-49(46,47)48/h6-9,13-16,18-19,23-24H,5,10-12,17,20-22H2,1-4H3,(H2-,42,43,44,45,46,47,48). The molecule has 6 rings (SSSR count). The number of rotatable bonds is 12. The van der Waals surface area contributed by atoms with Crippen molar-refractivity contribution in [3.05, 3.63) is 107 Å². The maximum Gasteiger partial charge on any atom is 0.303 e. The topological polar surface area (TPSA) is 138 Å². The van der Waals surface area contributed by atoms with Crippen LogP contribution in [0.5, 0.6) is 0 Å². The average molecular weight is 683 g/mol. The summed E-state index contributed by atoms with van der Waals surface area (Å²) in [5.41, 5.74) is 5.00. The van der Waals surface area contributed by atoms with Gasteiger partial charge in [0, 0.05) is 53.2 Å². The van der Waals surface area contributed by atoms with Crippen LogP contribution < -0.4 is 4.90 Å². The molecule has 0 radical (unpaired) electrons. The summed E-state index contributed by atoms with van der Waals surface area (Å²) in [6.45, 7) is 9.41. The van der Waals surface area contributed by atoms with Gasteiger partial charge in [0.15, 0.2) is 5.71 Å². The molecule has 0 amide bonds. The Morgan fingerprint density at radius 1 is 0.980 bits per heavy atom. The second kappa shape index (κ2) is 12.7. The predicted molar refractivity (Wildman–Crippen MR) is 190 cm³/mol. The van der Waals surface area contributed by atoms with Crippen molar-refractivity contribution in [1.82, 2.24) is 0 Å². The highest BCUT2D eigenvalue weighted by Crippen LogP contribution is 2.52. The summed E-state index contributed by atoms with van der Waals surface area (Å²) in [6.07, 6.45) is 4.94. The molecule has 1 unspecified atom stereocenters. The lowest BCUT2D eigenvalue weighted by Crippen LogP contribution is -2.33. The molecule has 0 spiro atoms. The zero-order valence-corrected chi connectivity index (χ0v) is 29.1. The first kappa shape index (κ1) is 34.3. The van der Waals surface area contributed by atoms with Gasteiger partial charge in [0.1, 0.15) is 12.3 Å². The van der Waals surface area contributed by atoms with Gasteiger partial charge in [-0.15, -0.1) is 0 Å². The highest BCUT2D eigenvalue weighted by atomic mass is 32.2. The van der Waals surface area contributed by atoms with Crippen LogP contribution >= 0.6 is 0 Å². The van der Waals surface area contributed by atoms with Gasteiger partial charge in [-0.05, 0) is 87.9 Å². The Morgan fingerprint density at radius 3 is 2.39 bits per heavy atom. The summed E-state index contributed by atoms with van der Waals surface area (Å²) in [5.74, 6) is -1.76. The lowest BCUT2D eigenvalue weighted by atomic mass is 9.74. The summed E-state index contributed by atoms with van der Waals surface area (Å²) < 4.78 is 36.0. The van der Waals surface area contributed by atoms with Crippen molar-refractivity contribution < 1.29 is 37.3 Å². The van der Waals surface area contributed by atoms with Gasteiger partial charge in [-0.25, -0.2) is 8.42 Å². The molecule has 1 aliphatic carbocycles. The normalized spacial score (nSPS) is 21.6. The van der Waals surface area contributed by atoms with E-state index < -0.39 is 32.7 Å². The van der Waals surface area contributed by atoms with Crippen molar-refractivity contribution in [3.63, 3.8) is 0 Å². The van der Waals surface area contributed by atoms with E-state index in [9.17, 15) is 32.8 Å². The number of carbonyl (C=O) groups is 2. The smallest absolute Gasteiger partial charge is 0.303 e. The van der Waals surface area contributed by atoms with Crippen LogP contribution in [-0.4, -0.2) is 64.1 Å². The predicted octanol–water partition coefficient (Wildman–Crippen LogP) is 6.80. The summed E-state index contributed by atoms with van der Waals surface area (Å²) >= 11 is 0. The highest BCUT2D eigenvalue weighted by Gasteiger charge is 2.48. The molecule has 2 heterocycles. The van der Waals surface area contributed by atoms with Gasteiger partial charge in [0.05, 0.1) is 26.7 Å². The second-order valence-corrected chi connectivity index (χ2v) is 15.4. The third-order valence-corrected chi connectivity index (χ3v) is 11.2. The molecule has 10 heteroatoms.